The van der Waals surface area contributed by atoms with Crippen molar-refractivity contribution in [2.75, 3.05) is 26.2 Å². The summed E-state index contributed by atoms with van der Waals surface area (Å²) in [5.74, 6) is 0. The number of nitrogens with zero attached hydrogens (tertiary/aromatic N) is 3. The molecule has 1 atom stereocenters. The van der Waals surface area contributed by atoms with Crippen LogP contribution in [-0.2, 0) is 0 Å². The number of pyridine rings is 1. The Labute approximate surface area is 126 Å². The van der Waals surface area contributed by atoms with Gasteiger partial charge in [-0.15, -0.1) is 0 Å². The molecule has 0 bridgehead atoms. The number of para-hydroxylation sites is 1. The highest BCUT2D eigenvalue weighted by atomic mass is 15.1. The van der Waals surface area contributed by atoms with Crippen LogP contribution in [0.15, 0.2) is 36.5 Å². The number of fused-ring (bicyclic) bond motifs is 1. The maximum Gasteiger partial charge on any atom is 0.123 e. The zero-order valence-corrected chi connectivity index (χ0v) is 12.7. The van der Waals surface area contributed by atoms with Gasteiger partial charge in [-0.3, -0.25) is 10.3 Å². The first-order chi connectivity index (χ1) is 10.3. The summed E-state index contributed by atoms with van der Waals surface area (Å²) in [6.45, 7) is 8.11. The van der Waals surface area contributed by atoms with Gasteiger partial charge in [-0.25, -0.2) is 0 Å². The van der Waals surface area contributed by atoms with Crippen molar-refractivity contribution in [3.8, 4) is 6.07 Å². The van der Waals surface area contributed by atoms with E-state index in [0.717, 1.165) is 42.6 Å². The number of aromatic nitrogens is 1. The summed E-state index contributed by atoms with van der Waals surface area (Å²) in [5, 5.41) is 13.9. The molecule has 2 aromatic rings. The van der Waals surface area contributed by atoms with Gasteiger partial charge < -0.3 is 4.90 Å². The number of nitriles is 1. The van der Waals surface area contributed by atoms with Crippen molar-refractivity contribution in [2.45, 2.75) is 19.9 Å². The van der Waals surface area contributed by atoms with E-state index in [1.807, 2.05) is 30.3 Å². The van der Waals surface area contributed by atoms with Crippen LogP contribution >= 0.6 is 0 Å². The fraction of sp³-hybridized carbons (Fsp3) is 0.412. The fourth-order valence-corrected chi connectivity index (χ4v) is 2.49. The Balaban J connectivity index is 2.12. The average molecular weight is 282 g/mol. The lowest BCUT2D eigenvalue weighted by molar-refractivity contribution is 0.300. The molecule has 0 aliphatic carbocycles. The molecule has 21 heavy (non-hydrogen) atoms. The Morgan fingerprint density at radius 1 is 1.24 bits per heavy atom. The maximum absolute atomic E-state index is 9.46. The number of benzene rings is 1. The molecular weight excluding hydrogens is 260 g/mol. The predicted octanol–water partition coefficient (Wildman–Crippen LogP) is 2.73. The highest BCUT2D eigenvalue weighted by Gasteiger charge is 2.13. The molecule has 1 heterocycles. The van der Waals surface area contributed by atoms with E-state index in [0.29, 0.717) is 0 Å². The summed E-state index contributed by atoms with van der Waals surface area (Å²) in [4.78, 5) is 6.76. The van der Waals surface area contributed by atoms with Gasteiger partial charge in [-0.05, 0) is 19.2 Å². The molecule has 1 unspecified atom stereocenters. The minimum absolute atomic E-state index is 0.320. The van der Waals surface area contributed by atoms with E-state index in [-0.39, 0.29) is 6.04 Å². The van der Waals surface area contributed by atoms with E-state index in [4.69, 9.17) is 0 Å². The van der Waals surface area contributed by atoms with Crippen LogP contribution in [0.3, 0.4) is 0 Å². The average Bonchev–Trinajstić information content (AvgIpc) is 2.55. The van der Waals surface area contributed by atoms with Gasteiger partial charge in [0.25, 0.3) is 0 Å². The Kier molecular flexibility index (Phi) is 5.68. The van der Waals surface area contributed by atoms with Gasteiger partial charge in [-0.1, -0.05) is 38.1 Å². The van der Waals surface area contributed by atoms with E-state index < -0.39 is 0 Å². The first kappa shape index (κ1) is 15.4. The predicted molar refractivity (Wildman–Crippen MR) is 85.9 cm³/mol. The van der Waals surface area contributed by atoms with Gasteiger partial charge in [0.15, 0.2) is 0 Å². The number of nitrogens with one attached hydrogen (secondary N) is 1. The summed E-state index contributed by atoms with van der Waals surface area (Å²) in [5.41, 5.74) is 1.86. The van der Waals surface area contributed by atoms with Crippen LogP contribution in [0.25, 0.3) is 10.9 Å². The summed E-state index contributed by atoms with van der Waals surface area (Å²) < 4.78 is 0. The van der Waals surface area contributed by atoms with Crippen LogP contribution in [0.2, 0.25) is 0 Å². The van der Waals surface area contributed by atoms with Crippen molar-refractivity contribution in [3.63, 3.8) is 0 Å². The van der Waals surface area contributed by atoms with E-state index in [9.17, 15) is 5.26 Å². The molecule has 1 aromatic heterocycles. The van der Waals surface area contributed by atoms with Crippen LogP contribution in [0.5, 0.6) is 0 Å². The highest BCUT2D eigenvalue weighted by Crippen LogP contribution is 2.21. The molecule has 0 spiro atoms. The molecule has 4 nitrogen and oxygen atoms in total. The molecule has 4 heteroatoms. The van der Waals surface area contributed by atoms with Crippen LogP contribution < -0.4 is 5.32 Å². The van der Waals surface area contributed by atoms with E-state index in [2.05, 4.69) is 35.1 Å². The van der Waals surface area contributed by atoms with Gasteiger partial charge in [0.05, 0.1) is 11.6 Å². The highest BCUT2D eigenvalue weighted by molar-refractivity contribution is 5.82. The molecule has 0 aliphatic rings. The molecule has 0 saturated carbocycles. The molecule has 0 fully saturated rings. The van der Waals surface area contributed by atoms with Gasteiger partial charge in [0, 0.05) is 30.2 Å². The van der Waals surface area contributed by atoms with Gasteiger partial charge in [-0.2, -0.15) is 5.26 Å². The van der Waals surface area contributed by atoms with Crippen LogP contribution in [-0.4, -0.2) is 36.1 Å². The molecule has 110 valence electrons. The Morgan fingerprint density at radius 2 is 2.00 bits per heavy atom. The third-order valence-corrected chi connectivity index (χ3v) is 3.77. The second kappa shape index (κ2) is 7.72. The smallest absolute Gasteiger partial charge is 0.123 e. The number of rotatable bonds is 7. The normalized spacial score (nSPS) is 12.5. The van der Waals surface area contributed by atoms with Gasteiger partial charge >= 0.3 is 0 Å². The lowest BCUT2D eigenvalue weighted by atomic mass is 10.0. The molecule has 0 saturated heterocycles. The van der Waals surface area contributed by atoms with Crippen molar-refractivity contribution in [3.05, 3.63) is 42.1 Å². The first-order valence-corrected chi connectivity index (χ1v) is 7.49. The number of likely N-dealkylation sites (N-methyl/N-ethyl adjacent to an activating group) is 1. The Morgan fingerprint density at radius 3 is 2.71 bits per heavy atom. The molecule has 1 N–H and O–H groups in total. The quantitative estimate of drug-likeness (QED) is 0.848. The Hall–Kier alpha value is -1.96. The van der Waals surface area contributed by atoms with Crippen molar-refractivity contribution >= 4 is 10.9 Å². The van der Waals surface area contributed by atoms with Crippen molar-refractivity contribution in [1.82, 2.24) is 15.2 Å². The molecule has 0 radical (unpaired) electrons. The maximum atomic E-state index is 9.46. The molecular formula is C17H22N4. The minimum Gasteiger partial charge on any atom is -0.303 e. The standard InChI is InChI=1S/C17H22N4/c1-3-21(4-2)12-11-19-16(13-18)15-9-5-7-14-8-6-10-20-17(14)15/h5-10,16,19H,3-4,11-12H2,1-2H3. The van der Waals surface area contributed by atoms with Crippen LogP contribution in [0.1, 0.15) is 25.5 Å². The lowest BCUT2D eigenvalue weighted by Crippen LogP contribution is -2.33. The minimum atomic E-state index is -0.320. The zero-order chi connectivity index (χ0) is 15.1. The van der Waals surface area contributed by atoms with Gasteiger partial charge in [0.1, 0.15) is 6.04 Å². The third kappa shape index (κ3) is 3.78. The third-order valence-electron chi connectivity index (χ3n) is 3.77. The summed E-state index contributed by atoms with van der Waals surface area (Å²) in [7, 11) is 0. The summed E-state index contributed by atoms with van der Waals surface area (Å²) >= 11 is 0. The van der Waals surface area contributed by atoms with Crippen molar-refractivity contribution in [1.29, 1.82) is 5.26 Å². The van der Waals surface area contributed by atoms with Crippen LogP contribution in [0.4, 0.5) is 0 Å². The monoisotopic (exact) mass is 282 g/mol. The SMILES string of the molecule is CCN(CC)CCNC(C#N)c1cccc2cccnc12. The van der Waals surface area contributed by atoms with E-state index >= 15 is 0 Å². The summed E-state index contributed by atoms with van der Waals surface area (Å²) in [6, 6.07) is 12.0. The summed E-state index contributed by atoms with van der Waals surface area (Å²) in [6.07, 6.45) is 1.77. The topological polar surface area (TPSA) is 52.0 Å². The lowest BCUT2D eigenvalue weighted by Gasteiger charge is -2.20. The molecule has 0 aliphatic heterocycles. The van der Waals surface area contributed by atoms with E-state index in [1.165, 1.54) is 0 Å². The van der Waals surface area contributed by atoms with Crippen molar-refractivity contribution < 1.29 is 0 Å². The zero-order valence-electron chi connectivity index (χ0n) is 12.7. The molecule has 0 amide bonds. The molecule has 2 rings (SSSR count). The second-order valence-electron chi connectivity index (χ2n) is 4.97. The van der Waals surface area contributed by atoms with Crippen LogP contribution in [0, 0.1) is 11.3 Å². The van der Waals surface area contributed by atoms with Crippen molar-refractivity contribution in [2.24, 2.45) is 0 Å². The number of hydrogen-bond acceptors (Lipinski definition) is 4. The van der Waals surface area contributed by atoms with E-state index in [1.54, 1.807) is 6.20 Å². The van der Waals surface area contributed by atoms with Gasteiger partial charge in [0.2, 0.25) is 0 Å². The number of hydrogen-bond donors (Lipinski definition) is 1. The Bertz CT molecular complexity index is 608. The largest absolute Gasteiger partial charge is 0.303 e. The molecule has 1 aromatic carbocycles. The second-order valence-corrected chi connectivity index (χ2v) is 4.97. The first-order valence-electron chi connectivity index (χ1n) is 7.49. The fourth-order valence-electron chi connectivity index (χ4n) is 2.49.